The average molecular weight is 267 g/mol. The first-order valence-electron chi connectivity index (χ1n) is 5.34. The molecule has 1 rings (SSSR count). The van der Waals surface area contributed by atoms with E-state index in [2.05, 4.69) is 15.0 Å². The van der Waals surface area contributed by atoms with E-state index in [0.29, 0.717) is 0 Å². The Labute approximate surface area is 108 Å². The molecule has 0 bridgehead atoms. The van der Waals surface area contributed by atoms with E-state index in [4.69, 9.17) is 5.11 Å². The number of imide groups is 1. The van der Waals surface area contributed by atoms with E-state index in [-0.39, 0.29) is 6.54 Å². The Balaban J connectivity index is 2.20. The molecule has 0 fully saturated rings. The maximum absolute atomic E-state index is 11.3. The van der Waals surface area contributed by atoms with Crippen LogP contribution in [0.4, 0.5) is 4.79 Å². The Morgan fingerprint density at radius 3 is 2.74 bits per heavy atom. The van der Waals surface area contributed by atoms with Gasteiger partial charge in [-0.25, -0.2) is 9.59 Å². The summed E-state index contributed by atoms with van der Waals surface area (Å²) in [6, 6.07) is 2.80. The summed E-state index contributed by atoms with van der Waals surface area (Å²) in [6.45, 7) is -0.861. The van der Waals surface area contributed by atoms with Gasteiger partial charge in [0.25, 0.3) is 5.91 Å². The highest BCUT2D eigenvalue weighted by Gasteiger charge is 2.08. The molecular formula is C11H13N3O5. The molecule has 0 saturated heterocycles. The number of carboxylic acids is 1. The Kier molecular flexibility index (Phi) is 5.96. The lowest BCUT2D eigenvalue weighted by molar-refractivity contribution is -0.143. The van der Waals surface area contributed by atoms with Crippen molar-refractivity contribution in [2.24, 2.45) is 0 Å². The minimum absolute atomic E-state index is 0.225. The van der Waals surface area contributed by atoms with Gasteiger partial charge in [-0.1, -0.05) is 6.07 Å². The zero-order valence-electron chi connectivity index (χ0n) is 9.96. The third-order valence-electron chi connectivity index (χ3n) is 1.89. The number of urea groups is 1. The van der Waals surface area contributed by atoms with Gasteiger partial charge in [0, 0.05) is 18.9 Å². The van der Waals surface area contributed by atoms with Crippen LogP contribution in [-0.2, 0) is 20.9 Å². The molecule has 1 heterocycles. The zero-order valence-corrected chi connectivity index (χ0v) is 9.96. The molecular weight excluding hydrogens is 254 g/mol. The quantitative estimate of drug-likeness (QED) is 0.640. The smallest absolute Gasteiger partial charge is 0.329 e. The molecule has 0 aromatic carbocycles. The lowest BCUT2D eigenvalue weighted by Crippen LogP contribution is -2.41. The van der Waals surface area contributed by atoms with Crippen LogP contribution in [0.3, 0.4) is 0 Å². The molecule has 8 nitrogen and oxygen atoms in total. The van der Waals surface area contributed by atoms with E-state index in [1.54, 1.807) is 24.5 Å². The fraction of sp³-hybridized carbons (Fsp3) is 0.273. The number of carboxylic acid groups (broad SMARTS) is 1. The number of carbonyl (C=O) groups excluding carboxylic acids is 2. The Morgan fingerprint density at radius 1 is 1.32 bits per heavy atom. The van der Waals surface area contributed by atoms with Crippen LogP contribution in [0, 0.1) is 0 Å². The maximum atomic E-state index is 11.3. The molecule has 0 aliphatic carbocycles. The van der Waals surface area contributed by atoms with E-state index in [1.807, 2.05) is 5.32 Å². The summed E-state index contributed by atoms with van der Waals surface area (Å²) in [5.74, 6) is -1.90. The molecule has 19 heavy (non-hydrogen) atoms. The molecule has 0 spiro atoms. The van der Waals surface area contributed by atoms with Gasteiger partial charge in [-0.3, -0.25) is 15.1 Å². The van der Waals surface area contributed by atoms with Crippen molar-refractivity contribution in [3.8, 4) is 0 Å². The maximum Gasteiger partial charge on any atom is 0.329 e. The molecule has 0 saturated carbocycles. The van der Waals surface area contributed by atoms with Crippen molar-refractivity contribution in [3.63, 3.8) is 0 Å². The second-order valence-corrected chi connectivity index (χ2v) is 3.48. The van der Waals surface area contributed by atoms with Crippen molar-refractivity contribution in [2.75, 3.05) is 13.2 Å². The summed E-state index contributed by atoms with van der Waals surface area (Å²) in [5.41, 5.74) is 0.784. The molecule has 8 heteroatoms. The van der Waals surface area contributed by atoms with Gasteiger partial charge < -0.3 is 15.2 Å². The SMILES string of the molecule is O=C(O)COCC(=O)NC(=O)NCc1cccnc1. The van der Waals surface area contributed by atoms with Gasteiger partial charge in [0.05, 0.1) is 0 Å². The van der Waals surface area contributed by atoms with Crippen LogP contribution in [0.2, 0.25) is 0 Å². The number of nitrogens with zero attached hydrogens (tertiary/aromatic N) is 1. The molecule has 3 amide bonds. The van der Waals surface area contributed by atoms with Gasteiger partial charge in [-0.15, -0.1) is 0 Å². The van der Waals surface area contributed by atoms with E-state index in [9.17, 15) is 14.4 Å². The number of ether oxygens (including phenoxy) is 1. The molecule has 1 aromatic heterocycles. The molecule has 1 aromatic rings. The minimum atomic E-state index is -1.19. The number of hydrogen-bond acceptors (Lipinski definition) is 5. The van der Waals surface area contributed by atoms with E-state index in [0.717, 1.165) is 5.56 Å². The Bertz CT molecular complexity index is 449. The standard InChI is InChI=1S/C11H13N3O5/c15-9(6-19-7-10(16)17)14-11(18)13-5-8-2-1-3-12-4-8/h1-4H,5-7H2,(H,16,17)(H2,13,14,15,18). The van der Waals surface area contributed by atoms with Gasteiger partial charge in [0.2, 0.25) is 0 Å². The van der Waals surface area contributed by atoms with Crippen molar-refractivity contribution in [2.45, 2.75) is 6.54 Å². The Morgan fingerprint density at radius 2 is 2.11 bits per heavy atom. The predicted octanol–water partition coefficient (Wildman–Crippen LogP) is -0.491. The van der Waals surface area contributed by atoms with Crippen LogP contribution in [0.1, 0.15) is 5.56 Å². The van der Waals surface area contributed by atoms with Crippen LogP contribution >= 0.6 is 0 Å². The Hall–Kier alpha value is -2.48. The predicted molar refractivity (Wildman–Crippen MR) is 63.1 cm³/mol. The van der Waals surface area contributed by atoms with Crippen LogP contribution < -0.4 is 10.6 Å². The summed E-state index contributed by atoms with van der Waals surface area (Å²) >= 11 is 0. The van der Waals surface area contributed by atoms with Crippen LogP contribution in [0.5, 0.6) is 0 Å². The average Bonchev–Trinajstić information content (AvgIpc) is 2.37. The number of hydrogen-bond donors (Lipinski definition) is 3. The lowest BCUT2D eigenvalue weighted by Gasteiger charge is -2.06. The fourth-order valence-corrected chi connectivity index (χ4v) is 1.12. The van der Waals surface area contributed by atoms with E-state index in [1.165, 1.54) is 0 Å². The van der Waals surface area contributed by atoms with Crippen molar-refractivity contribution in [1.82, 2.24) is 15.6 Å². The van der Waals surface area contributed by atoms with Crippen molar-refractivity contribution in [3.05, 3.63) is 30.1 Å². The largest absolute Gasteiger partial charge is 0.480 e. The zero-order chi connectivity index (χ0) is 14.1. The number of amides is 3. The summed E-state index contributed by atoms with van der Waals surface area (Å²) < 4.78 is 4.52. The summed E-state index contributed by atoms with van der Waals surface area (Å²) in [6.07, 6.45) is 3.19. The number of aromatic nitrogens is 1. The molecule has 0 radical (unpaired) electrons. The molecule has 0 atom stereocenters. The van der Waals surface area contributed by atoms with Crippen molar-refractivity contribution >= 4 is 17.9 Å². The third kappa shape index (κ3) is 6.74. The van der Waals surface area contributed by atoms with Gasteiger partial charge >= 0.3 is 12.0 Å². The summed E-state index contributed by atoms with van der Waals surface area (Å²) in [4.78, 5) is 36.4. The van der Waals surface area contributed by atoms with Crippen LogP contribution in [-0.4, -0.2) is 41.2 Å². The highest BCUT2D eigenvalue weighted by molar-refractivity contribution is 5.94. The second-order valence-electron chi connectivity index (χ2n) is 3.48. The van der Waals surface area contributed by atoms with Gasteiger partial charge in [-0.2, -0.15) is 0 Å². The highest BCUT2D eigenvalue weighted by atomic mass is 16.5. The van der Waals surface area contributed by atoms with E-state index < -0.39 is 31.1 Å². The van der Waals surface area contributed by atoms with Crippen molar-refractivity contribution in [1.29, 1.82) is 0 Å². The number of aliphatic carboxylic acids is 1. The second kappa shape index (κ2) is 7.77. The lowest BCUT2D eigenvalue weighted by atomic mass is 10.3. The highest BCUT2D eigenvalue weighted by Crippen LogP contribution is 1.93. The van der Waals surface area contributed by atoms with E-state index >= 15 is 0 Å². The van der Waals surface area contributed by atoms with Crippen molar-refractivity contribution < 1.29 is 24.2 Å². The molecule has 0 aliphatic rings. The normalized spacial score (nSPS) is 9.68. The van der Waals surface area contributed by atoms with Crippen LogP contribution in [0.25, 0.3) is 0 Å². The van der Waals surface area contributed by atoms with Gasteiger partial charge in [-0.05, 0) is 11.6 Å². The number of nitrogens with one attached hydrogen (secondary N) is 2. The molecule has 102 valence electrons. The first-order valence-corrected chi connectivity index (χ1v) is 5.34. The first-order chi connectivity index (χ1) is 9.08. The summed E-state index contributed by atoms with van der Waals surface area (Å²) in [7, 11) is 0. The monoisotopic (exact) mass is 267 g/mol. The number of pyridine rings is 1. The van der Waals surface area contributed by atoms with Crippen LogP contribution in [0.15, 0.2) is 24.5 Å². The molecule has 0 aliphatic heterocycles. The molecule has 3 N–H and O–H groups in total. The number of carbonyl (C=O) groups is 3. The fourth-order valence-electron chi connectivity index (χ4n) is 1.12. The minimum Gasteiger partial charge on any atom is -0.480 e. The first kappa shape index (κ1) is 14.6. The topological polar surface area (TPSA) is 118 Å². The summed E-state index contributed by atoms with van der Waals surface area (Å²) in [5, 5.41) is 12.7. The van der Waals surface area contributed by atoms with Gasteiger partial charge in [0.1, 0.15) is 13.2 Å². The number of rotatable bonds is 6. The molecule has 0 unspecified atom stereocenters. The van der Waals surface area contributed by atoms with Gasteiger partial charge in [0.15, 0.2) is 0 Å². The third-order valence-corrected chi connectivity index (χ3v) is 1.89.